The molecule has 0 bridgehead atoms. The van der Waals surface area contributed by atoms with Gasteiger partial charge in [-0.25, -0.2) is 19.4 Å². The lowest BCUT2D eigenvalue weighted by Gasteiger charge is -2.08. The molecule has 0 atom stereocenters. The molecule has 0 aliphatic carbocycles. The Hall–Kier alpha value is -3.29. The summed E-state index contributed by atoms with van der Waals surface area (Å²) in [4.78, 5) is 24.2. The summed E-state index contributed by atoms with van der Waals surface area (Å²) in [7, 11) is 0. The molecule has 0 aromatic carbocycles. The molecule has 2 amide bonds. The average molecular weight is 323 g/mol. The molecule has 8 nitrogen and oxygen atoms in total. The van der Waals surface area contributed by atoms with Crippen LogP contribution in [0.15, 0.2) is 55.4 Å². The highest BCUT2D eigenvalue weighted by Crippen LogP contribution is 2.05. The van der Waals surface area contributed by atoms with E-state index in [2.05, 4.69) is 30.7 Å². The van der Waals surface area contributed by atoms with Crippen LogP contribution in [-0.2, 0) is 13.0 Å². The van der Waals surface area contributed by atoms with Crippen LogP contribution in [-0.4, -0.2) is 37.3 Å². The number of aromatic nitrogens is 5. The van der Waals surface area contributed by atoms with E-state index in [1.54, 1.807) is 23.4 Å². The fourth-order valence-corrected chi connectivity index (χ4v) is 2.12. The van der Waals surface area contributed by atoms with E-state index in [4.69, 9.17) is 0 Å². The van der Waals surface area contributed by atoms with Gasteiger partial charge in [-0.05, 0) is 29.8 Å². The van der Waals surface area contributed by atoms with Crippen molar-refractivity contribution < 1.29 is 4.79 Å². The van der Waals surface area contributed by atoms with E-state index in [0.717, 1.165) is 11.3 Å². The first-order chi connectivity index (χ1) is 11.8. The van der Waals surface area contributed by atoms with Gasteiger partial charge in [-0.2, -0.15) is 5.10 Å². The minimum absolute atomic E-state index is 0.218. The Balaban J connectivity index is 1.45. The molecule has 0 saturated heterocycles. The molecule has 3 rings (SSSR count). The summed E-state index contributed by atoms with van der Waals surface area (Å²) in [5, 5.41) is 9.65. The van der Waals surface area contributed by atoms with Crippen molar-refractivity contribution in [3.8, 4) is 5.82 Å². The summed E-state index contributed by atoms with van der Waals surface area (Å²) in [6.07, 6.45) is 7.13. The Morgan fingerprint density at radius 1 is 1.12 bits per heavy atom. The van der Waals surface area contributed by atoms with Crippen LogP contribution in [0.2, 0.25) is 0 Å². The largest absolute Gasteiger partial charge is 0.338 e. The summed E-state index contributed by atoms with van der Waals surface area (Å²) in [6.45, 7) is 0.934. The minimum Gasteiger partial charge on any atom is -0.338 e. The third-order valence-electron chi connectivity index (χ3n) is 3.31. The highest BCUT2D eigenvalue weighted by Gasteiger charge is 2.03. The average Bonchev–Trinajstić information content (AvgIpc) is 3.16. The number of rotatable bonds is 6. The molecule has 8 heteroatoms. The van der Waals surface area contributed by atoms with Crippen molar-refractivity contribution in [1.29, 1.82) is 0 Å². The molecule has 0 unspecified atom stereocenters. The molecule has 122 valence electrons. The van der Waals surface area contributed by atoms with Crippen LogP contribution in [0.25, 0.3) is 5.82 Å². The molecule has 3 heterocycles. The standard InChI is InChI=1S/C16H17N7O/c24-16(20-8-5-14-3-1-2-6-18-14)21-10-13-4-7-19-15(9-13)23-12-17-11-22-23/h1-4,6-7,9,11-12H,5,8,10H2,(H2,20,21,24). The minimum atomic E-state index is -0.218. The van der Waals surface area contributed by atoms with Gasteiger partial charge in [0, 0.05) is 37.6 Å². The van der Waals surface area contributed by atoms with Gasteiger partial charge in [0.15, 0.2) is 5.82 Å². The lowest BCUT2D eigenvalue weighted by atomic mass is 10.2. The number of carbonyl (C=O) groups excluding carboxylic acids is 1. The summed E-state index contributed by atoms with van der Waals surface area (Å²) >= 11 is 0. The zero-order chi connectivity index (χ0) is 16.6. The van der Waals surface area contributed by atoms with Gasteiger partial charge < -0.3 is 10.6 Å². The Kier molecular flexibility index (Phi) is 5.08. The normalized spacial score (nSPS) is 10.3. The van der Waals surface area contributed by atoms with Gasteiger partial charge >= 0.3 is 6.03 Å². The van der Waals surface area contributed by atoms with E-state index >= 15 is 0 Å². The fraction of sp³-hybridized carbons (Fsp3) is 0.188. The Morgan fingerprint density at radius 3 is 2.88 bits per heavy atom. The van der Waals surface area contributed by atoms with Crippen molar-refractivity contribution in [2.75, 3.05) is 6.54 Å². The summed E-state index contributed by atoms with van der Waals surface area (Å²) in [5.74, 6) is 0.655. The molecule has 0 aliphatic heterocycles. The molecule has 0 radical (unpaired) electrons. The first-order valence-electron chi connectivity index (χ1n) is 7.53. The number of urea groups is 1. The number of hydrogen-bond acceptors (Lipinski definition) is 5. The van der Waals surface area contributed by atoms with Crippen LogP contribution >= 0.6 is 0 Å². The van der Waals surface area contributed by atoms with E-state index in [-0.39, 0.29) is 6.03 Å². The van der Waals surface area contributed by atoms with Gasteiger partial charge in [0.1, 0.15) is 12.7 Å². The molecule has 3 aromatic rings. The summed E-state index contributed by atoms with van der Waals surface area (Å²) in [5.41, 5.74) is 1.87. The van der Waals surface area contributed by atoms with Crippen molar-refractivity contribution in [2.45, 2.75) is 13.0 Å². The van der Waals surface area contributed by atoms with E-state index in [1.807, 2.05) is 30.3 Å². The van der Waals surface area contributed by atoms with Gasteiger partial charge in [-0.15, -0.1) is 0 Å². The van der Waals surface area contributed by atoms with Crippen LogP contribution in [0.5, 0.6) is 0 Å². The molecule has 3 aromatic heterocycles. The number of hydrogen-bond donors (Lipinski definition) is 2. The molecular formula is C16H17N7O. The number of carbonyl (C=O) groups is 1. The van der Waals surface area contributed by atoms with Crippen molar-refractivity contribution in [3.05, 3.63) is 66.6 Å². The van der Waals surface area contributed by atoms with Crippen molar-refractivity contribution in [1.82, 2.24) is 35.4 Å². The SMILES string of the molecule is O=C(NCCc1ccccn1)NCc1ccnc(-n2cncn2)c1. The van der Waals surface area contributed by atoms with Crippen molar-refractivity contribution in [2.24, 2.45) is 0 Å². The van der Waals surface area contributed by atoms with Gasteiger partial charge in [0.05, 0.1) is 0 Å². The summed E-state index contributed by atoms with van der Waals surface area (Å²) in [6, 6.07) is 9.20. The number of nitrogens with zero attached hydrogens (tertiary/aromatic N) is 5. The van der Waals surface area contributed by atoms with Crippen LogP contribution in [0, 0.1) is 0 Å². The zero-order valence-electron chi connectivity index (χ0n) is 13.0. The Morgan fingerprint density at radius 2 is 2.08 bits per heavy atom. The number of pyridine rings is 2. The van der Waals surface area contributed by atoms with Crippen LogP contribution in [0.1, 0.15) is 11.3 Å². The molecule has 24 heavy (non-hydrogen) atoms. The molecule has 0 spiro atoms. The number of nitrogens with one attached hydrogen (secondary N) is 2. The molecular weight excluding hydrogens is 306 g/mol. The Labute approximate surface area is 139 Å². The third kappa shape index (κ3) is 4.35. The maximum absolute atomic E-state index is 11.8. The number of amides is 2. The van der Waals surface area contributed by atoms with Crippen molar-refractivity contribution >= 4 is 6.03 Å². The summed E-state index contributed by atoms with van der Waals surface area (Å²) < 4.78 is 1.57. The topological polar surface area (TPSA) is 97.6 Å². The van der Waals surface area contributed by atoms with Gasteiger partial charge in [-0.1, -0.05) is 6.07 Å². The Bertz CT molecular complexity index is 774. The molecule has 2 N–H and O–H groups in total. The van der Waals surface area contributed by atoms with Gasteiger partial charge in [-0.3, -0.25) is 4.98 Å². The third-order valence-corrected chi connectivity index (χ3v) is 3.31. The highest BCUT2D eigenvalue weighted by molar-refractivity contribution is 5.73. The van der Waals surface area contributed by atoms with E-state index < -0.39 is 0 Å². The molecule has 0 aliphatic rings. The fourth-order valence-electron chi connectivity index (χ4n) is 2.12. The lowest BCUT2D eigenvalue weighted by Crippen LogP contribution is -2.36. The molecule has 0 saturated carbocycles. The second-order valence-corrected chi connectivity index (χ2v) is 5.04. The van der Waals surface area contributed by atoms with E-state index in [1.165, 1.54) is 6.33 Å². The zero-order valence-corrected chi connectivity index (χ0v) is 13.0. The predicted molar refractivity (Wildman–Crippen MR) is 87.3 cm³/mol. The van der Waals surface area contributed by atoms with Crippen molar-refractivity contribution in [3.63, 3.8) is 0 Å². The van der Waals surface area contributed by atoms with E-state index in [9.17, 15) is 4.79 Å². The first kappa shape index (κ1) is 15.6. The monoisotopic (exact) mass is 323 g/mol. The maximum atomic E-state index is 11.8. The maximum Gasteiger partial charge on any atom is 0.315 e. The van der Waals surface area contributed by atoms with Gasteiger partial charge in [0.25, 0.3) is 0 Å². The second kappa shape index (κ2) is 7.82. The van der Waals surface area contributed by atoms with Crippen LogP contribution < -0.4 is 10.6 Å². The highest BCUT2D eigenvalue weighted by atomic mass is 16.2. The van der Waals surface area contributed by atoms with E-state index in [0.29, 0.717) is 25.3 Å². The van der Waals surface area contributed by atoms with Crippen LogP contribution in [0.3, 0.4) is 0 Å². The predicted octanol–water partition coefficient (Wildman–Crippen LogP) is 1.10. The quantitative estimate of drug-likeness (QED) is 0.708. The van der Waals surface area contributed by atoms with Crippen LogP contribution in [0.4, 0.5) is 4.79 Å². The van der Waals surface area contributed by atoms with Gasteiger partial charge in [0.2, 0.25) is 0 Å². The smallest absolute Gasteiger partial charge is 0.315 e. The lowest BCUT2D eigenvalue weighted by molar-refractivity contribution is 0.240. The second-order valence-electron chi connectivity index (χ2n) is 5.04. The first-order valence-corrected chi connectivity index (χ1v) is 7.53. The molecule has 0 fully saturated rings.